The second kappa shape index (κ2) is 15.1. The first-order valence-corrected chi connectivity index (χ1v) is 20.9. The molecule has 1 heterocycles. The maximum atomic E-state index is 6.76. The Morgan fingerprint density at radius 1 is 0.311 bits per heavy atom. The molecular weight excluding hydrogens is 741 g/mol. The first-order valence-electron chi connectivity index (χ1n) is 20.9. The summed E-state index contributed by atoms with van der Waals surface area (Å²) in [6.45, 7) is 4.32. The fraction of sp³-hybridized carbons (Fsp3) is 0.0345. The zero-order valence-electron chi connectivity index (χ0n) is 34.1. The van der Waals surface area contributed by atoms with Gasteiger partial charge in [-0.15, -0.1) is 0 Å². The van der Waals surface area contributed by atoms with Crippen molar-refractivity contribution in [2.24, 2.45) is 0 Å². The molecule has 0 atom stereocenters. The zero-order chi connectivity index (χ0) is 40.9. The van der Waals surface area contributed by atoms with E-state index < -0.39 is 0 Å². The van der Waals surface area contributed by atoms with E-state index in [0.29, 0.717) is 0 Å². The normalized spacial score (nSPS) is 11.4. The predicted molar refractivity (Wildman–Crippen MR) is 258 cm³/mol. The average Bonchev–Trinajstić information content (AvgIpc) is 3.65. The Bertz CT molecular complexity index is 3150. The van der Waals surface area contributed by atoms with Gasteiger partial charge in [0.15, 0.2) is 0 Å². The molecule has 0 unspecified atom stereocenters. The maximum Gasteiger partial charge on any atom is 0.136 e. The Balaban J connectivity index is 1.03. The number of hydrogen-bond acceptors (Lipinski definition) is 3. The molecule has 0 radical (unpaired) electrons. The molecule has 11 rings (SSSR count). The standard InChI is InChI=1S/C58H42N2O/c1-39-23-29-55(51(31-39)41-15-7-3-8-16-41)59(47-19-11-5-12-20-47)49-27-25-43-35-53-54-36-44-26-28-50(34-46(44)38-58(54)61-57(53)37-45(43)33-49)60(48-21-13-6-14-22-48)56-30-24-40(2)32-52(56)42-17-9-4-10-18-42/h3-38H,1-2H3. The molecule has 3 heteroatoms. The molecule has 0 spiro atoms. The highest BCUT2D eigenvalue weighted by molar-refractivity contribution is 6.14. The lowest BCUT2D eigenvalue weighted by Crippen LogP contribution is -2.11. The molecular formula is C58H42N2O. The van der Waals surface area contributed by atoms with Crippen molar-refractivity contribution >= 4 is 77.6 Å². The molecule has 0 saturated carbocycles. The minimum Gasteiger partial charge on any atom is -0.456 e. The first kappa shape index (κ1) is 36.2. The summed E-state index contributed by atoms with van der Waals surface area (Å²) >= 11 is 0. The van der Waals surface area contributed by atoms with E-state index in [1.54, 1.807) is 0 Å². The van der Waals surface area contributed by atoms with Gasteiger partial charge in [-0.05, 0) is 144 Å². The number of benzene rings is 10. The summed E-state index contributed by atoms with van der Waals surface area (Å²) in [4.78, 5) is 4.74. The number of para-hydroxylation sites is 2. The molecule has 11 aromatic rings. The van der Waals surface area contributed by atoms with Crippen molar-refractivity contribution in [1.29, 1.82) is 0 Å². The van der Waals surface area contributed by atoms with Crippen LogP contribution in [0.25, 0.3) is 65.7 Å². The summed E-state index contributed by atoms with van der Waals surface area (Å²) in [5, 5.41) is 6.81. The van der Waals surface area contributed by atoms with Gasteiger partial charge in [-0.3, -0.25) is 0 Å². The van der Waals surface area contributed by atoms with Crippen molar-refractivity contribution in [1.82, 2.24) is 0 Å². The van der Waals surface area contributed by atoms with Crippen LogP contribution < -0.4 is 9.80 Å². The van der Waals surface area contributed by atoms with Crippen LogP contribution in [0.3, 0.4) is 0 Å². The molecule has 1 aromatic heterocycles. The van der Waals surface area contributed by atoms with Crippen molar-refractivity contribution in [3.63, 3.8) is 0 Å². The Kier molecular flexibility index (Phi) is 8.94. The number of nitrogens with zero attached hydrogens (tertiary/aromatic N) is 2. The highest BCUT2D eigenvalue weighted by Gasteiger charge is 2.21. The van der Waals surface area contributed by atoms with E-state index in [2.05, 4.69) is 242 Å². The molecule has 0 bridgehead atoms. The summed E-state index contributed by atoms with van der Waals surface area (Å²) < 4.78 is 6.76. The number of furan rings is 1. The minimum absolute atomic E-state index is 0.875. The van der Waals surface area contributed by atoms with Gasteiger partial charge in [-0.25, -0.2) is 0 Å². The van der Waals surface area contributed by atoms with E-state index in [0.717, 1.165) is 66.8 Å². The van der Waals surface area contributed by atoms with Crippen LogP contribution in [0.5, 0.6) is 0 Å². The Hall–Kier alpha value is -7.88. The van der Waals surface area contributed by atoms with E-state index in [-0.39, 0.29) is 0 Å². The monoisotopic (exact) mass is 782 g/mol. The summed E-state index contributed by atoms with van der Waals surface area (Å²) in [6, 6.07) is 78.6. The number of anilines is 6. The summed E-state index contributed by atoms with van der Waals surface area (Å²) in [5.74, 6) is 0. The predicted octanol–water partition coefficient (Wildman–Crippen LogP) is 16.8. The molecule has 0 N–H and O–H groups in total. The van der Waals surface area contributed by atoms with Gasteiger partial charge in [-0.2, -0.15) is 0 Å². The van der Waals surface area contributed by atoms with Gasteiger partial charge in [0.1, 0.15) is 11.2 Å². The Labute approximate surface area is 356 Å². The number of fused-ring (bicyclic) bond motifs is 5. The number of rotatable bonds is 8. The summed E-state index contributed by atoms with van der Waals surface area (Å²) in [7, 11) is 0. The van der Waals surface area contributed by atoms with Gasteiger partial charge in [0.25, 0.3) is 0 Å². The van der Waals surface area contributed by atoms with Gasteiger partial charge < -0.3 is 14.2 Å². The van der Waals surface area contributed by atoms with Crippen LogP contribution in [0.1, 0.15) is 11.1 Å². The average molecular weight is 783 g/mol. The minimum atomic E-state index is 0.875. The van der Waals surface area contributed by atoms with Gasteiger partial charge in [0, 0.05) is 44.6 Å². The van der Waals surface area contributed by atoms with Gasteiger partial charge in [-0.1, -0.05) is 132 Å². The van der Waals surface area contributed by atoms with E-state index in [9.17, 15) is 0 Å². The molecule has 0 saturated heterocycles. The molecule has 0 amide bonds. The van der Waals surface area contributed by atoms with Gasteiger partial charge >= 0.3 is 0 Å². The topological polar surface area (TPSA) is 19.6 Å². The van der Waals surface area contributed by atoms with Crippen LogP contribution in [0, 0.1) is 13.8 Å². The smallest absolute Gasteiger partial charge is 0.136 e. The fourth-order valence-corrected chi connectivity index (χ4v) is 8.91. The molecule has 0 fully saturated rings. The second-order valence-electron chi connectivity index (χ2n) is 16.0. The third-order valence-corrected chi connectivity index (χ3v) is 11.9. The quantitative estimate of drug-likeness (QED) is 0.153. The molecule has 0 aliphatic rings. The highest BCUT2D eigenvalue weighted by atomic mass is 16.3. The van der Waals surface area contributed by atoms with Crippen molar-refractivity contribution in [3.8, 4) is 22.3 Å². The number of hydrogen-bond donors (Lipinski definition) is 0. The van der Waals surface area contributed by atoms with Crippen molar-refractivity contribution in [2.45, 2.75) is 13.8 Å². The summed E-state index contributed by atoms with van der Waals surface area (Å²) in [6.07, 6.45) is 0. The van der Waals surface area contributed by atoms with E-state index >= 15 is 0 Å². The third kappa shape index (κ3) is 6.67. The van der Waals surface area contributed by atoms with Crippen molar-refractivity contribution < 1.29 is 4.42 Å². The Morgan fingerprint density at radius 2 is 0.705 bits per heavy atom. The van der Waals surface area contributed by atoms with Gasteiger partial charge in [0.2, 0.25) is 0 Å². The first-order chi connectivity index (χ1) is 30.0. The van der Waals surface area contributed by atoms with Crippen molar-refractivity contribution in [2.75, 3.05) is 9.80 Å². The molecule has 3 nitrogen and oxygen atoms in total. The fourth-order valence-electron chi connectivity index (χ4n) is 8.91. The second-order valence-corrected chi connectivity index (χ2v) is 16.0. The Morgan fingerprint density at radius 3 is 1.11 bits per heavy atom. The maximum absolute atomic E-state index is 6.76. The summed E-state index contributed by atoms with van der Waals surface area (Å²) in [5.41, 5.74) is 15.6. The molecule has 0 aliphatic heterocycles. The largest absolute Gasteiger partial charge is 0.456 e. The van der Waals surface area contributed by atoms with Crippen LogP contribution in [-0.2, 0) is 0 Å². The lowest BCUT2D eigenvalue weighted by molar-refractivity contribution is 0.670. The molecule has 61 heavy (non-hydrogen) atoms. The van der Waals surface area contributed by atoms with Crippen molar-refractivity contribution in [3.05, 3.63) is 230 Å². The van der Waals surface area contributed by atoms with Gasteiger partial charge in [0.05, 0.1) is 11.4 Å². The van der Waals surface area contributed by atoms with Crippen LogP contribution >= 0.6 is 0 Å². The zero-order valence-corrected chi connectivity index (χ0v) is 34.1. The molecule has 10 aromatic carbocycles. The SMILES string of the molecule is Cc1ccc(N(c2ccccc2)c2ccc3cc4c(cc3c2)oc2cc3cc(N(c5ccccc5)c5ccc(C)cc5-c5ccccc5)ccc3cc24)c(-c2ccccc2)c1. The van der Waals surface area contributed by atoms with Crippen LogP contribution in [0.4, 0.5) is 34.1 Å². The van der Waals surface area contributed by atoms with Crippen LogP contribution in [0.15, 0.2) is 223 Å². The third-order valence-electron chi connectivity index (χ3n) is 11.9. The molecule has 290 valence electrons. The highest BCUT2D eigenvalue weighted by Crippen LogP contribution is 2.45. The number of aryl methyl sites for hydroxylation is 2. The van der Waals surface area contributed by atoms with E-state index in [1.165, 1.54) is 44.2 Å². The van der Waals surface area contributed by atoms with Crippen LogP contribution in [0.2, 0.25) is 0 Å². The van der Waals surface area contributed by atoms with E-state index in [4.69, 9.17) is 4.42 Å². The lowest BCUT2D eigenvalue weighted by Gasteiger charge is -2.28. The lowest BCUT2D eigenvalue weighted by atomic mass is 9.98. The van der Waals surface area contributed by atoms with E-state index in [1.807, 2.05) is 0 Å². The molecule has 0 aliphatic carbocycles. The van der Waals surface area contributed by atoms with Crippen LogP contribution in [-0.4, -0.2) is 0 Å².